The number of nitro benzene ring substituents is 1. The lowest BCUT2D eigenvalue weighted by molar-refractivity contribution is -0.383. The predicted molar refractivity (Wildman–Crippen MR) is 84.6 cm³/mol. The zero-order valence-electron chi connectivity index (χ0n) is 10.5. The van der Waals surface area contributed by atoms with Crippen LogP contribution in [0, 0.1) is 19.5 Å². The van der Waals surface area contributed by atoms with E-state index in [4.69, 9.17) is 5.73 Å². The molecule has 21 heavy (non-hydrogen) atoms. The number of nitrogens with zero attached hydrogens (tertiary/aromatic N) is 1. The van der Waals surface area contributed by atoms with Crippen LogP contribution in [0.25, 0.3) is 0 Å². The standard InChI is InChI=1S/C13H9FIN3O3/c14-8-2-3-11(9(15)6-8)17-13(19)7-1-4-12(18(20)21)10(16)5-7/h1-6H,16H2,(H,17,19). The summed E-state index contributed by atoms with van der Waals surface area (Å²) in [5.74, 6) is -0.891. The van der Waals surface area contributed by atoms with Crippen LogP contribution in [0.15, 0.2) is 36.4 Å². The van der Waals surface area contributed by atoms with E-state index in [0.29, 0.717) is 9.26 Å². The van der Waals surface area contributed by atoms with Gasteiger partial charge in [0.15, 0.2) is 0 Å². The maximum atomic E-state index is 13.0. The smallest absolute Gasteiger partial charge is 0.292 e. The first-order valence-corrected chi connectivity index (χ1v) is 6.76. The van der Waals surface area contributed by atoms with Crippen molar-refractivity contribution in [3.8, 4) is 0 Å². The number of amides is 1. The molecule has 0 heterocycles. The van der Waals surface area contributed by atoms with Gasteiger partial charge < -0.3 is 11.1 Å². The number of carbonyl (C=O) groups is 1. The van der Waals surface area contributed by atoms with Crippen LogP contribution >= 0.6 is 22.6 Å². The van der Waals surface area contributed by atoms with E-state index in [1.165, 1.54) is 36.4 Å². The lowest BCUT2D eigenvalue weighted by Gasteiger charge is -2.08. The summed E-state index contributed by atoms with van der Waals surface area (Å²) in [6.45, 7) is 0. The second-order valence-electron chi connectivity index (χ2n) is 4.11. The Morgan fingerprint density at radius 3 is 2.57 bits per heavy atom. The maximum Gasteiger partial charge on any atom is 0.292 e. The molecule has 0 unspecified atom stereocenters. The third-order valence-corrected chi connectivity index (χ3v) is 3.56. The van der Waals surface area contributed by atoms with Gasteiger partial charge in [-0.3, -0.25) is 14.9 Å². The van der Waals surface area contributed by atoms with Crippen molar-refractivity contribution in [1.82, 2.24) is 0 Å². The maximum absolute atomic E-state index is 13.0. The van der Waals surface area contributed by atoms with Crippen molar-refractivity contribution in [3.05, 3.63) is 61.5 Å². The molecule has 0 radical (unpaired) electrons. The molecule has 0 aliphatic heterocycles. The van der Waals surface area contributed by atoms with Gasteiger partial charge in [0, 0.05) is 15.2 Å². The van der Waals surface area contributed by atoms with Crippen LogP contribution in [-0.4, -0.2) is 10.8 Å². The van der Waals surface area contributed by atoms with E-state index >= 15 is 0 Å². The van der Waals surface area contributed by atoms with Crippen LogP contribution in [0.4, 0.5) is 21.5 Å². The van der Waals surface area contributed by atoms with Gasteiger partial charge in [-0.25, -0.2) is 4.39 Å². The van der Waals surface area contributed by atoms with Gasteiger partial charge in [0.25, 0.3) is 11.6 Å². The van der Waals surface area contributed by atoms with Crippen molar-refractivity contribution < 1.29 is 14.1 Å². The van der Waals surface area contributed by atoms with Crippen molar-refractivity contribution in [2.75, 3.05) is 11.1 Å². The highest BCUT2D eigenvalue weighted by atomic mass is 127. The van der Waals surface area contributed by atoms with Crippen LogP contribution in [0.1, 0.15) is 10.4 Å². The Morgan fingerprint density at radius 2 is 2.00 bits per heavy atom. The highest BCUT2D eigenvalue weighted by Crippen LogP contribution is 2.24. The normalized spacial score (nSPS) is 10.2. The minimum atomic E-state index is -0.625. The van der Waals surface area contributed by atoms with Crippen LogP contribution in [0.5, 0.6) is 0 Å². The van der Waals surface area contributed by atoms with E-state index in [0.717, 1.165) is 0 Å². The van der Waals surface area contributed by atoms with Crippen molar-refractivity contribution in [2.24, 2.45) is 0 Å². The van der Waals surface area contributed by atoms with Gasteiger partial charge in [-0.1, -0.05) is 0 Å². The van der Waals surface area contributed by atoms with Crippen LogP contribution in [0.2, 0.25) is 0 Å². The molecule has 0 spiro atoms. The molecule has 0 fully saturated rings. The summed E-state index contributed by atoms with van der Waals surface area (Å²) in [5.41, 5.74) is 5.80. The molecule has 6 nitrogen and oxygen atoms in total. The van der Waals surface area contributed by atoms with E-state index in [1.54, 1.807) is 0 Å². The molecule has 3 N–H and O–H groups in total. The van der Waals surface area contributed by atoms with Gasteiger partial charge in [0.2, 0.25) is 0 Å². The molecule has 0 saturated heterocycles. The van der Waals surface area contributed by atoms with E-state index in [2.05, 4.69) is 5.32 Å². The largest absolute Gasteiger partial charge is 0.393 e. The first-order chi connectivity index (χ1) is 9.88. The molecule has 8 heteroatoms. The Kier molecular flexibility index (Phi) is 4.36. The SMILES string of the molecule is Nc1cc(C(=O)Nc2ccc(F)cc2I)ccc1[N+](=O)[O-]. The molecule has 0 aliphatic rings. The Morgan fingerprint density at radius 1 is 1.29 bits per heavy atom. The van der Waals surface area contributed by atoms with Crippen LogP contribution in [0.3, 0.4) is 0 Å². The molecule has 0 aliphatic carbocycles. The Bertz CT molecular complexity index is 737. The molecular weight excluding hydrogens is 392 g/mol. The number of hydrogen-bond acceptors (Lipinski definition) is 4. The third-order valence-electron chi connectivity index (χ3n) is 2.67. The Hall–Kier alpha value is -2.23. The Labute approximate surface area is 132 Å². The summed E-state index contributed by atoms with van der Waals surface area (Å²) in [5, 5.41) is 13.3. The Balaban J connectivity index is 2.24. The monoisotopic (exact) mass is 401 g/mol. The molecule has 0 saturated carbocycles. The number of anilines is 2. The number of nitro groups is 1. The summed E-state index contributed by atoms with van der Waals surface area (Å²) in [4.78, 5) is 22.1. The zero-order chi connectivity index (χ0) is 15.6. The van der Waals surface area contributed by atoms with Crippen molar-refractivity contribution >= 4 is 45.6 Å². The minimum Gasteiger partial charge on any atom is -0.393 e. The average molecular weight is 401 g/mol. The summed E-state index contributed by atoms with van der Waals surface area (Å²) < 4.78 is 13.5. The third kappa shape index (κ3) is 3.45. The van der Waals surface area contributed by atoms with Crippen molar-refractivity contribution in [2.45, 2.75) is 0 Å². The molecule has 0 atom stereocenters. The van der Waals surface area contributed by atoms with Crippen molar-refractivity contribution in [1.29, 1.82) is 0 Å². The van der Waals surface area contributed by atoms with Crippen LogP contribution in [-0.2, 0) is 0 Å². The second kappa shape index (κ2) is 6.04. The van der Waals surface area contributed by atoms with Gasteiger partial charge in [0.1, 0.15) is 11.5 Å². The summed E-state index contributed by atoms with van der Waals surface area (Å²) in [7, 11) is 0. The van der Waals surface area contributed by atoms with Gasteiger partial charge in [-0.15, -0.1) is 0 Å². The van der Waals surface area contributed by atoms with E-state index < -0.39 is 16.6 Å². The lowest BCUT2D eigenvalue weighted by atomic mass is 10.1. The topological polar surface area (TPSA) is 98.3 Å². The fourth-order valence-electron chi connectivity index (χ4n) is 1.65. The minimum absolute atomic E-state index is 0.0959. The molecule has 0 bridgehead atoms. The zero-order valence-corrected chi connectivity index (χ0v) is 12.6. The lowest BCUT2D eigenvalue weighted by Crippen LogP contribution is -2.13. The quantitative estimate of drug-likeness (QED) is 0.357. The molecule has 108 valence electrons. The number of rotatable bonds is 3. The second-order valence-corrected chi connectivity index (χ2v) is 5.27. The molecule has 0 aromatic heterocycles. The fraction of sp³-hybridized carbons (Fsp3) is 0. The highest BCUT2D eigenvalue weighted by molar-refractivity contribution is 14.1. The number of hydrogen-bond donors (Lipinski definition) is 2. The van der Waals surface area contributed by atoms with E-state index in [1.807, 2.05) is 22.6 Å². The van der Waals surface area contributed by atoms with Gasteiger partial charge >= 0.3 is 0 Å². The van der Waals surface area contributed by atoms with Gasteiger partial charge in [0.05, 0.1) is 10.6 Å². The van der Waals surface area contributed by atoms with Crippen LogP contribution < -0.4 is 11.1 Å². The first kappa shape index (κ1) is 15.2. The number of carbonyl (C=O) groups excluding carboxylic acids is 1. The summed E-state index contributed by atoms with van der Waals surface area (Å²) in [6, 6.07) is 7.63. The number of nitrogen functional groups attached to an aromatic ring is 1. The first-order valence-electron chi connectivity index (χ1n) is 5.69. The number of nitrogens with one attached hydrogen (secondary N) is 1. The highest BCUT2D eigenvalue weighted by Gasteiger charge is 2.15. The number of nitrogens with two attached hydrogens (primary N) is 1. The van der Waals surface area contributed by atoms with E-state index in [9.17, 15) is 19.3 Å². The van der Waals surface area contributed by atoms with Gasteiger partial charge in [-0.05, 0) is 52.9 Å². The molecule has 2 rings (SSSR count). The fourth-order valence-corrected chi connectivity index (χ4v) is 2.26. The van der Waals surface area contributed by atoms with Crippen molar-refractivity contribution in [3.63, 3.8) is 0 Å². The molecule has 2 aromatic carbocycles. The average Bonchev–Trinajstić information content (AvgIpc) is 2.41. The van der Waals surface area contributed by atoms with E-state index in [-0.39, 0.29) is 16.9 Å². The predicted octanol–water partition coefficient (Wildman–Crippen LogP) is 3.17. The molecular formula is C13H9FIN3O3. The number of benzene rings is 2. The van der Waals surface area contributed by atoms with Gasteiger partial charge in [-0.2, -0.15) is 0 Å². The molecule has 2 aromatic rings. The summed E-state index contributed by atoms with van der Waals surface area (Å²) in [6.07, 6.45) is 0. The molecule has 1 amide bonds. The number of halogens is 2. The summed E-state index contributed by atoms with van der Waals surface area (Å²) >= 11 is 1.89.